The Morgan fingerprint density at radius 1 is 1.93 bits per heavy atom. The summed E-state index contributed by atoms with van der Waals surface area (Å²) < 4.78 is 13.0. The van der Waals surface area contributed by atoms with Crippen LogP contribution in [0, 0.1) is 5.92 Å². The minimum absolute atomic E-state index is 0.0396. The second-order valence-corrected chi connectivity index (χ2v) is 3.34. The van der Waals surface area contributed by atoms with Gasteiger partial charge in [0.25, 0.3) is 0 Å². The highest BCUT2D eigenvalue weighted by atomic mass is 32.2. The van der Waals surface area contributed by atoms with Crippen LogP contribution in [0.2, 0.25) is 0 Å². The van der Waals surface area contributed by atoms with E-state index in [1.807, 2.05) is 0 Å². The van der Waals surface area contributed by atoms with Crippen molar-refractivity contribution in [1.82, 2.24) is 9.19 Å². The van der Waals surface area contributed by atoms with Crippen molar-refractivity contribution >= 4 is 23.9 Å². The first-order chi connectivity index (χ1) is 6.67. The Morgan fingerprint density at radius 2 is 2.64 bits per heavy atom. The Hall–Kier alpha value is -1.08. The van der Waals surface area contributed by atoms with Gasteiger partial charge in [0.15, 0.2) is 12.3 Å². The molecule has 7 heteroatoms. The topological polar surface area (TPSA) is 72.9 Å². The lowest BCUT2D eigenvalue weighted by Crippen LogP contribution is -2.26. The van der Waals surface area contributed by atoms with Crippen LogP contribution in [0.4, 0.5) is 9.57 Å². The van der Waals surface area contributed by atoms with Gasteiger partial charge in [-0.3, -0.25) is 4.79 Å². The number of carbonyl (C=O) groups is 1. The number of nitrogens with zero attached hydrogens (tertiary/aromatic N) is 2. The molecule has 0 aliphatic carbocycles. The molecule has 1 heterocycles. The fourth-order valence-corrected chi connectivity index (χ4v) is 1.02. The molecule has 0 aromatic carbocycles. The Bertz CT molecular complexity index is 316. The zero-order chi connectivity index (χ0) is 10.6. The average Bonchev–Trinajstić information content (AvgIpc) is 2.64. The normalized spacial score (nSPS) is 12.5. The van der Waals surface area contributed by atoms with Gasteiger partial charge >= 0.3 is 0 Å². The molecule has 0 fully saturated rings. The number of rotatable bonds is 4. The third-order valence-electron chi connectivity index (χ3n) is 1.70. The summed E-state index contributed by atoms with van der Waals surface area (Å²) >= 11 is -0.0396. The van der Waals surface area contributed by atoms with Crippen LogP contribution in [0.1, 0.15) is 6.92 Å². The summed E-state index contributed by atoms with van der Waals surface area (Å²) in [6.45, 7) is 1.99. The first kappa shape index (κ1) is 11.0. The lowest BCUT2D eigenvalue weighted by molar-refractivity contribution is -0.119. The van der Waals surface area contributed by atoms with Crippen molar-refractivity contribution in [3.8, 4) is 0 Å². The maximum absolute atomic E-state index is 12.0. The number of hydrogen-bond donors (Lipinski definition) is 2. The molecule has 0 spiro atoms. The number of amides is 1. The zero-order valence-corrected chi connectivity index (χ0v) is 8.42. The quantitative estimate of drug-likeness (QED) is 0.784. The molecular formula is C7H11FN4OS. The predicted octanol–water partition coefficient (Wildman–Crippen LogP) is 0.797. The van der Waals surface area contributed by atoms with Crippen LogP contribution in [-0.2, 0) is 4.79 Å². The van der Waals surface area contributed by atoms with Crippen molar-refractivity contribution in [3.05, 3.63) is 12.4 Å². The van der Waals surface area contributed by atoms with Gasteiger partial charge in [-0.05, 0) is 0 Å². The standard InChI is InChI=1S/C7H11FN4OS/c1-5(2-9)7(13)11-6-3-10-12(4-6)14-8/h3-5H,2,9H2,1H3,(H,11,13). The fourth-order valence-electron chi connectivity index (χ4n) is 0.780. The minimum Gasteiger partial charge on any atom is -0.330 e. The third kappa shape index (κ3) is 2.71. The molecule has 0 radical (unpaired) electrons. The number of nitrogens with two attached hydrogens (primary N) is 1. The van der Waals surface area contributed by atoms with Gasteiger partial charge in [-0.15, -0.1) is 3.89 Å². The summed E-state index contributed by atoms with van der Waals surface area (Å²) in [5, 5.41) is 6.20. The van der Waals surface area contributed by atoms with Gasteiger partial charge in [0.2, 0.25) is 5.91 Å². The molecule has 5 nitrogen and oxygen atoms in total. The van der Waals surface area contributed by atoms with Crippen LogP contribution in [0.15, 0.2) is 12.4 Å². The van der Waals surface area contributed by atoms with E-state index in [0.717, 1.165) is 4.09 Å². The van der Waals surface area contributed by atoms with E-state index in [0.29, 0.717) is 5.69 Å². The Balaban J connectivity index is 2.56. The second kappa shape index (κ2) is 4.97. The van der Waals surface area contributed by atoms with E-state index in [2.05, 4.69) is 10.4 Å². The van der Waals surface area contributed by atoms with Crippen LogP contribution in [0.5, 0.6) is 0 Å². The summed E-state index contributed by atoms with van der Waals surface area (Å²) in [4.78, 5) is 11.3. The SMILES string of the molecule is CC(CN)C(=O)Nc1cnn(SF)c1. The van der Waals surface area contributed by atoms with Gasteiger partial charge in [-0.25, -0.2) is 0 Å². The first-order valence-electron chi connectivity index (χ1n) is 4.02. The number of hydrogen-bond acceptors (Lipinski definition) is 4. The van der Waals surface area contributed by atoms with Crippen molar-refractivity contribution in [2.24, 2.45) is 11.7 Å². The highest BCUT2D eigenvalue weighted by Gasteiger charge is 2.11. The zero-order valence-electron chi connectivity index (χ0n) is 7.61. The largest absolute Gasteiger partial charge is 0.330 e. The molecule has 3 N–H and O–H groups in total. The summed E-state index contributed by atoms with van der Waals surface area (Å²) in [7, 11) is 0. The number of carbonyl (C=O) groups excluding carboxylic acids is 1. The summed E-state index contributed by atoms with van der Waals surface area (Å²) in [5.74, 6) is -0.465. The fraction of sp³-hybridized carbons (Fsp3) is 0.429. The van der Waals surface area contributed by atoms with E-state index in [4.69, 9.17) is 5.73 Å². The van der Waals surface area contributed by atoms with E-state index >= 15 is 0 Å². The second-order valence-electron chi connectivity index (χ2n) is 2.83. The molecule has 1 aromatic heterocycles. The summed E-state index contributed by atoms with van der Waals surface area (Å²) in [6, 6.07) is 0. The molecule has 1 unspecified atom stereocenters. The van der Waals surface area contributed by atoms with E-state index in [1.165, 1.54) is 12.4 Å². The van der Waals surface area contributed by atoms with Crippen molar-refractivity contribution in [2.75, 3.05) is 11.9 Å². The van der Waals surface area contributed by atoms with Crippen molar-refractivity contribution in [3.63, 3.8) is 0 Å². The molecule has 1 aromatic rings. The molecule has 78 valence electrons. The molecule has 0 bridgehead atoms. The first-order valence-corrected chi connectivity index (χ1v) is 4.69. The van der Waals surface area contributed by atoms with Gasteiger partial charge in [0.05, 0.1) is 18.1 Å². The molecule has 14 heavy (non-hydrogen) atoms. The lowest BCUT2D eigenvalue weighted by atomic mass is 10.2. The number of halogens is 1. The van der Waals surface area contributed by atoms with Crippen LogP contribution in [-0.4, -0.2) is 21.6 Å². The van der Waals surface area contributed by atoms with Crippen molar-refractivity contribution < 1.29 is 8.68 Å². The van der Waals surface area contributed by atoms with Crippen LogP contribution >= 0.6 is 12.3 Å². The molecule has 1 atom stereocenters. The molecule has 0 aliphatic rings. The highest BCUT2D eigenvalue weighted by Crippen LogP contribution is 2.12. The van der Waals surface area contributed by atoms with Gasteiger partial charge in [0, 0.05) is 12.5 Å². The maximum Gasteiger partial charge on any atom is 0.228 e. The molecule has 0 saturated carbocycles. The molecule has 0 saturated heterocycles. The smallest absolute Gasteiger partial charge is 0.228 e. The number of nitrogens with one attached hydrogen (secondary N) is 1. The van der Waals surface area contributed by atoms with Gasteiger partial charge in [-0.1, -0.05) is 6.92 Å². The lowest BCUT2D eigenvalue weighted by Gasteiger charge is -2.07. The van der Waals surface area contributed by atoms with E-state index in [1.54, 1.807) is 6.92 Å². The molecule has 1 amide bonds. The van der Waals surface area contributed by atoms with E-state index in [9.17, 15) is 8.68 Å². The van der Waals surface area contributed by atoms with Crippen LogP contribution in [0.25, 0.3) is 0 Å². The molecule has 1 rings (SSSR count). The minimum atomic E-state index is -0.267. The van der Waals surface area contributed by atoms with Crippen LogP contribution < -0.4 is 11.1 Å². The molecular weight excluding hydrogens is 207 g/mol. The van der Waals surface area contributed by atoms with Gasteiger partial charge in [0.1, 0.15) is 0 Å². The van der Waals surface area contributed by atoms with Crippen molar-refractivity contribution in [2.45, 2.75) is 6.92 Å². The van der Waals surface area contributed by atoms with Crippen LogP contribution in [0.3, 0.4) is 0 Å². The molecule has 0 aliphatic heterocycles. The van der Waals surface area contributed by atoms with Gasteiger partial charge in [-0.2, -0.15) is 9.19 Å². The van der Waals surface area contributed by atoms with E-state index in [-0.39, 0.29) is 30.7 Å². The van der Waals surface area contributed by atoms with E-state index < -0.39 is 0 Å². The van der Waals surface area contributed by atoms with Crippen molar-refractivity contribution in [1.29, 1.82) is 0 Å². The predicted molar refractivity (Wildman–Crippen MR) is 53.2 cm³/mol. The Labute approximate surface area is 85.3 Å². The number of aromatic nitrogens is 2. The Kier molecular flexibility index (Phi) is 3.90. The highest BCUT2D eigenvalue weighted by molar-refractivity contribution is 7.92. The maximum atomic E-state index is 12.0. The number of anilines is 1. The average molecular weight is 218 g/mol. The summed E-state index contributed by atoms with van der Waals surface area (Å²) in [5.41, 5.74) is 5.77. The Morgan fingerprint density at radius 3 is 3.14 bits per heavy atom. The summed E-state index contributed by atoms with van der Waals surface area (Å²) in [6.07, 6.45) is 2.75. The van der Waals surface area contributed by atoms with Gasteiger partial charge < -0.3 is 11.1 Å². The monoisotopic (exact) mass is 218 g/mol. The third-order valence-corrected chi connectivity index (χ3v) is 2.04.